The molecule has 0 aromatic heterocycles. The maximum absolute atomic E-state index is 12.9. The lowest BCUT2D eigenvalue weighted by atomic mass is 10.0. The summed E-state index contributed by atoms with van der Waals surface area (Å²) in [4.78, 5) is 13.1. The summed E-state index contributed by atoms with van der Waals surface area (Å²) in [5, 5.41) is 11.1. The first-order chi connectivity index (χ1) is 14.7. The predicted molar refractivity (Wildman–Crippen MR) is 124 cm³/mol. The van der Waals surface area contributed by atoms with E-state index in [1.165, 1.54) is 24.3 Å². The summed E-state index contributed by atoms with van der Waals surface area (Å²) in [5.74, 6) is 1.65. The minimum absolute atomic E-state index is 0.0824. The summed E-state index contributed by atoms with van der Waals surface area (Å²) in [7, 11) is -3.83. The Hall–Kier alpha value is -3.21. The predicted octanol–water partition coefficient (Wildman–Crippen LogP) is 4.60. The van der Waals surface area contributed by atoms with Gasteiger partial charge in [-0.05, 0) is 43.3 Å². The third kappa shape index (κ3) is 5.10. The molecule has 0 heterocycles. The third-order valence-corrected chi connectivity index (χ3v) is 6.48. The molecule has 0 saturated heterocycles. The molecule has 6 nitrogen and oxygen atoms in total. The second-order valence-corrected chi connectivity index (χ2v) is 9.13. The highest BCUT2D eigenvalue weighted by atomic mass is 35.5. The van der Waals surface area contributed by atoms with Crippen molar-refractivity contribution in [3.05, 3.63) is 65.7 Å². The average molecular weight is 457 g/mol. The number of halogens is 1. The highest BCUT2D eigenvalue weighted by molar-refractivity contribution is 7.92. The van der Waals surface area contributed by atoms with Gasteiger partial charge in [0.25, 0.3) is 10.0 Å². The molecule has 3 aromatic rings. The van der Waals surface area contributed by atoms with Gasteiger partial charge in [0.2, 0.25) is 0 Å². The molecule has 0 spiro atoms. The first-order valence-corrected chi connectivity index (χ1v) is 11.3. The van der Waals surface area contributed by atoms with Crippen LogP contribution in [0, 0.1) is 12.3 Å². The number of nitrogens with one attached hydrogen (secondary N) is 1. The van der Waals surface area contributed by atoms with Gasteiger partial charge < -0.3 is 10.0 Å². The normalized spacial score (nSPS) is 12.2. The molecule has 0 aliphatic heterocycles. The molecule has 3 rings (SSSR count). The maximum Gasteiger partial charge on any atom is 0.305 e. The van der Waals surface area contributed by atoms with Crippen molar-refractivity contribution in [1.82, 2.24) is 0 Å². The smallest absolute Gasteiger partial charge is 0.305 e. The summed E-state index contributed by atoms with van der Waals surface area (Å²) in [6.07, 6.45) is 5.45. The number of terminal acetylenes is 1. The van der Waals surface area contributed by atoms with Crippen molar-refractivity contribution in [2.24, 2.45) is 0 Å². The van der Waals surface area contributed by atoms with Crippen LogP contribution in [0.25, 0.3) is 10.8 Å². The molecule has 1 atom stereocenters. The molecule has 3 aromatic carbocycles. The molecule has 0 bridgehead atoms. The zero-order valence-corrected chi connectivity index (χ0v) is 18.3. The second kappa shape index (κ2) is 9.29. The van der Waals surface area contributed by atoms with Gasteiger partial charge in [0.05, 0.1) is 23.5 Å². The zero-order chi connectivity index (χ0) is 22.6. The largest absolute Gasteiger partial charge is 0.481 e. The molecule has 0 saturated carbocycles. The fraction of sp³-hybridized carbons (Fsp3) is 0.174. The highest BCUT2D eigenvalue weighted by Gasteiger charge is 2.21. The quantitative estimate of drug-likeness (QED) is 0.484. The van der Waals surface area contributed by atoms with Crippen LogP contribution in [0.2, 0.25) is 5.02 Å². The Morgan fingerprint density at radius 1 is 1.13 bits per heavy atom. The van der Waals surface area contributed by atoms with Crippen molar-refractivity contribution in [3.63, 3.8) is 0 Å². The molecule has 0 aliphatic carbocycles. The summed E-state index contributed by atoms with van der Waals surface area (Å²) in [6.45, 7) is 2.01. The van der Waals surface area contributed by atoms with Crippen molar-refractivity contribution in [2.45, 2.75) is 24.3 Å². The van der Waals surface area contributed by atoms with E-state index in [-0.39, 0.29) is 23.9 Å². The Morgan fingerprint density at radius 3 is 2.39 bits per heavy atom. The molecule has 0 radical (unpaired) electrons. The van der Waals surface area contributed by atoms with Gasteiger partial charge in [-0.3, -0.25) is 9.52 Å². The van der Waals surface area contributed by atoms with Gasteiger partial charge in [-0.15, -0.1) is 6.42 Å². The van der Waals surface area contributed by atoms with Gasteiger partial charge >= 0.3 is 5.97 Å². The van der Waals surface area contributed by atoms with Gasteiger partial charge in [0, 0.05) is 27.5 Å². The number of aliphatic carboxylic acids is 1. The molecule has 0 amide bonds. The van der Waals surface area contributed by atoms with E-state index < -0.39 is 16.0 Å². The van der Waals surface area contributed by atoms with Gasteiger partial charge in [0.15, 0.2) is 0 Å². The lowest BCUT2D eigenvalue weighted by Gasteiger charge is -2.30. The van der Waals surface area contributed by atoms with Crippen molar-refractivity contribution in [2.75, 3.05) is 16.2 Å². The third-order valence-electron chi connectivity index (χ3n) is 4.84. The van der Waals surface area contributed by atoms with E-state index in [1.807, 2.05) is 17.0 Å². The molecule has 160 valence electrons. The zero-order valence-electron chi connectivity index (χ0n) is 16.7. The Morgan fingerprint density at radius 2 is 1.77 bits per heavy atom. The van der Waals surface area contributed by atoms with Crippen LogP contribution in [0.3, 0.4) is 0 Å². The van der Waals surface area contributed by atoms with Crippen molar-refractivity contribution in [3.8, 4) is 12.3 Å². The van der Waals surface area contributed by atoms with Gasteiger partial charge in [-0.1, -0.05) is 41.8 Å². The number of fused-ring (bicyclic) bond motifs is 1. The van der Waals surface area contributed by atoms with Crippen LogP contribution in [-0.4, -0.2) is 32.1 Å². The summed E-state index contributed by atoms with van der Waals surface area (Å²) < 4.78 is 28.3. The maximum atomic E-state index is 12.9. The number of carboxylic acid groups (broad SMARTS) is 1. The molecule has 0 unspecified atom stereocenters. The monoisotopic (exact) mass is 456 g/mol. The summed E-state index contributed by atoms with van der Waals surface area (Å²) in [6, 6.07) is 16.2. The number of sulfonamides is 1. The lowest BCUT2D eigenvalue weighted by molar-refractivity contribution is -0.137. The number of hydrogen-bond donors (Lipinski definition) is 2. The minimum atomic E-state index is -3.83. The van der Waals surface area contributed by atoms with Crippen LogP contribution in [0.15, 0.2) is 65.6 Å². The SMILES string of the molecule is C#CCN(c1ccc(NS(=O)(=O)c2ccc(Cl)cc2)c2ccccc12)[C@@H](C)CC(=O)O. The molecular weight excluding hydrogens is 436 g/mol. The molecule has 0 aliphatic rings. The molecular formula is C23H21ClN2O4S. The molecule has 2 N–H and O–H groups in total. The van der Waals surface area contributed by atoms with Crippen LogP contribution in [-0.2, 0) is 14.8 Å². The highest BCUT2D eigenvalue weighted by Crippen LogP contribution is 2.34. The van der Waals surface area contributed by atoms with Crippen molar-refractivity contribution >= 4 is 49.7 Å². The lowest BCUT2D eigenvalue weighted by Crippen LogP contribution is -2.35. The number of nitrogens with zero attached hydrogens (tertiary/aromatic N) is 1. The summed E-state index contributed by atoms with van der Waals surface area (Å²) in [5.41, 5.74) is 1.14. The van der Waals surface area contributed by atoms with Gasteiger partial charge in [0.1, 0.15) is 0 Å². The number of carboxylic acids is 1. The number of benzene rings is 3. The minimum Gasteiger partial charge on any atom is -0.481 e. The van der Waals surface area contributed by atoms with Gasteiger partial charge in [-0.25, -0.2) is 8.42 Å². The molecule has 0 fully saturated rings. The second-order valence-electron chi connectivity index (χ2n) is 7.02. The Kier molecular flexibility index (Phi) is 6.74. The number of anilines is 2. The number of rotatable bonds is 8. The van der Waals surface area contributed by atoms with E-state index in [4.69, 9.17) is 18.0 Å². The van der Waals surface area contributed by atoms with E-state index >= 15 is 0 Å². The van der Waals surface area contributed by atoms with Crippen LogP contribution in [0.1, 0.15) is 13.3 Å². The molecule has 8 heteroatoms. The summed E-state index contributed by atoms with van der Waals surface area (Å²) >= 11 is 5.86. The average Bonchev–Trinajstić information content (AvgIpc) is 2.72. The topological polar surface area (TPSA) is 86.7 Å². The van der Waals surface area contributed by atoms with Crippen LogP contribution in [0.4, 0.5) is 11.4 Å². The fourth-order valence-electron chi connectivity index (χ4n) is 3.38. The standard InChI is InChI=1S/C23H21ClN2O4S/c1-3-14-26(16(2)15-23(27)28)22-13-12-21(19-6-4-5-7-20(19)22)25-31(29,30)18-10-8-17(24)9-11-18/h1,4-13,16,25H,14-15H2,2H3,(H,27,28)/t16-/m0/s1. The number of hydrogen-bond acceptors (Lipinski definition) is 4. The van der Waals surface area contributed by atoms with Crippen LogP contribution in [0.5, 0.6) is 0 Å². The Labute approximate surface area is 186 Å². The van der Waals surface area contributed by atoms with Crippen LogP contribution < -0.4 is 9.62 Å². The van der Waals surface area contributed by atoms with Crippen LogP contribution >= 0.6 is 11.6 Å². The van der Waals surface area contributed by atoms with Crippen molar-refractivity contribution < 1.29 is 18.3 Å². The first-order valence-electron chi connectivity index (χ1n) is 9.45. The van der Waals surface area contributed by atoms with Crippen molar-refractivity contribution in [1.29, 1.82) is 0 Å². The fourth-order valence-corrected chi connectivity index (χ4v) is 4.59. The Bertz CT molecular complexity index is 1250. The first kappa shape index (κ1) is 22.5. The van der Waals surface area contributed by atoms with E-state index in [0.29, 0.717) is 16.1 Å². The van der Waals surface area contributed by atoms with E-state index in [0.717, 1.165) is 11.1 Å². The molecule has 31 heavy (non-hydrogen) atoms. The van der Waals surface area contributed by atoms with E-state index in [2.05, 4.69) is 10.6 Å². The van der Waals surface area contributed by atoms with E-state index in [9.17, 15) is 18.3 Å². The Balaban J connectivity index is 2.06. The number of carbonyl (C=O) groups is 1. The van der Waals surface area contributed by atoms with Gasteiger partial charge in [-0.2, -0.15) is 0 Å². The van der Waals surface area contributed by atoms with E-state index in [1.54, 1.807) is 31.2 Å².